The maximum atomic E-state index is 12.2. The van der Waals surface area contributed by atoms with E-state index in [4.69, 9.17) is 4.74 Å². The second-order valence-corrected chi connectivity index (χ2v) is 5.17. The SMILES string of the molecule is CCC1NC(CC)N(CC2CCOC2C)C1=O. The Morgan fingerprint density at radius 2 is 2.18 bits per heavy atom. The predicted octanol–water partition coefficient (Wildman–Crippen LogP) is 1.36. The van der Waals surface area contributed by atoms with Gasteiger partial charge >= 0.3 is 0 Å². The molecule has 0 spiro atoms. The van der Waals surface area contributed by atoms with Crippen molar-refractivity contribution in [2.45, 2.75) is 58.3 Å². The summed E-state index contributed by atoms with van der Waals surface area (Å²) in [7, 11) is 0. The van der Waals surface area contributed by atoms with Gasteiger partial charge in [-0.05, 0) is 26.2 Å². The zero-order valence-electron chi connectivity index (χ0n) is 11.1. The molecule has 2 fully saturated rings. The van der Waals surface area contributed by atoms with Gasteiger partial charge in [0.25, 0.3) is 0 Å². The molecule has 4 atom stereocenters. The lowest BCUT2D eigenvalue weighted by molar-refractivity contribution is -0.130. The molecule has 0 aromatic carbocycles. The minimum Gasteiger partial charge on any atom is -0.378 e. The van der Waals surface area contributed by atoms with Crippen LogP contribution in [0, 0.1) is 5.92 Å². The molecule has 0 aromatic rings. The molecular weight excluding hydrogens is 216 g/mol. The topological polar surface area (TPSA) is 41.6 Å². The molecule has 0 saturated carbocycles. The van der Waals surface area contributed by atoms with Gasteiger partial charge in [-0.15, -0.1) is 0 Å². The lowest BCUT2D eigenvalue weighted by Gasteiger charge is -2.27. The second-order valence-electron chi connectivity index (χ2n) is 5.17. The molecule has 2 rings (SSSR count). The molecule has 1 N–H and O–H groups in total. The highest BCUT2D eigenvalue weighted by Crippen LogP contribution is 2.25. The third-order valence-corrected chi connectivity index (χ3v) is 4.11. The lowest BCUT2D eigenvalue weighted by atomic mass is 10.0. The molecule has 1 amide bonds. The molecule has 2 aliphatic heterocycles. The molecule has 0 radical (unpaired) electrons. The van der Waals surface area contributed by atoms with E-state index >= 15 is 0 Å². The van der Waals surface area contributed by atoms with Gasteiger partial charge in [-0.2, -0.15) is 0 Å². The Morgan fingerprint density at radius 1 is 1.41 bits per heavy atom. The van der Waals surface area contributed by atoms with Crippen LogP contribution >= 0.6 is 0 Å². The van der Waals surface area contributed by atoms with Crippen molar-refractivity contribution >= 4 is 5.91 Å². The number of rotatable bonds is 4. The highest BCUT2D eigenvalue weighted by atomic mass is 16.5. The van der Waals surface area contributed by atoms with Gasteiger partial charge in [0.1, 0.15) is 0 Å². The molecule has 2 saturated heterocycles. The standard InChI is InChI=1S/C13H24N2O2/c1-4-11-13(16)15(12(5-2)14-11)8-10-6-7-17-9(10)3/h9-12,14H,4-8H2,1-3H3. The molecular formula is C13H24N2O2. The summed E-state index contributed by atoms with van der Waals surface area (Å²) in [5.74, 6) is 0.781. The number of hydrogen-bond acceptors (Lipinski definition) is 3. The summed E-state index contributed by atoms with van der Waals surface area (Å²) in [5, 5.41) is 3.41. The van der Waals surface area contributed by atoms with Gasteiger partial charge in [0.2, 0.25) is 5.91 Å². The third-order valence-electron chi connectivity index (χ3n) is 4.11. The van der Waals surface area contributed by atoms with Crippen molar-refractivity contribution in [3.8, 4) is 0 Å². The van der Waals surface area contributed by atoms with E-state index in [1.807, 2.05) is 4.90 Å². The first kappa shape index (κ1) is 12.8. The molecule has 0 bridgehead atoms. The maximum absolute atomic E-state index is 12.2. The maximum Gasteiger partial charge on any atom is 0.241 e. The molecule has 2 heterocycles. The van der Waals surface area contributed by atoms with Crippen molar-refractivity contribution in [1.29, 1.82) is 0 Å². The summed E-state index contributed by atoms with van der Waals surface area (Å²) in [6.45, 7) is 8.00. The summed E-state index contributed by atoms with van der Waals surface area (Å²) in [6.07, 6.45) is 3.45. The van der Waals surface area contributed by atoms with Crippen molar-refractivity contribution < 1.29 is 9.53 Å². The Labute approximate surface area is 104 Å². The van der Waals surface area contributed by atoms with Gasteiger partial charge in [-0.25, -0.2) is 0 Å². The minimum atomic E-state index is 0.0255. The van der Waals surface area contributed by atoms with Crippen molar-refractivity contribution in [3.05, 3.63) is 0 Å². The van der Waals surface area contributed by atoms with Crippen LogP contribution < -0.4 is 5.32 Å². The number of carbonyl (C=O) groups excluding carboxylic acids is 1. The molecule has 4 heteroatoms. The van der Waals surface area contributed by atoms with E-state index in [1.54, 1.807) is 0 Å². The Morgan fingerprint density at radius 3 is 2.71 bits per heavy atom. The quantitative estimate of drug-likeness (QED) is 0.806. The normalized spacial score (nSPS) is 38.1. The average molecular weight is 240 g/mol. The second kappa shape index (κ2) is 5.36. The fraction of sp³-hybridized carbons (Fsp3) is 0.923. The predicted molar refractivity (Wildman–Crippen MR) is 66.5 cm³/mol. The summed E-state index contributed by atoms with van der Waals surface area (Å²) < 4.78 is 5.57. The van der Waals surface area contributed by atoms with Gasteiger partial charge in [0, 0.05) is 19.1 Å². The molecule has 0 aliphatic carbocycles. The van der Waals surface area contributed by atoms with E-state index in [0.717, 1.165) is 32.4 Å². The van der Waals surface area contributed by atoms with Crippen molar-refractivity contribution in [1.82, 2.24) is 10.2 Å². The van der Waals surface area contributed by atoms with Crippen LogP contribution in [0.4, 0.5) is 0 Å². The van der Waals surface area contributed by atoms with E-state index in [-0.39, 0.29) is 18.1 Å². The van der Waals surface area contributed by atoms with Gasteiger partial charge in [-0.3, -0.25) is 10.1 Å². The summed E-state index contributed by atoms with van der Waals surface area (Å²) in [5.41, 5.74) is 0. The van der Waals surface area contributed by atoms with E-state index in [1.165, 1.54) is 0 Å². The Bertz CT molecular complexity index is 283. The first-order valence-electron chi connectivity index (χ1n) is 6.85. The van der Waals surface area contributed by atoms with Crippen LogP contribution in [0.3, 0.4) is 0 Å². The van der Waals surface area contributed by atoms with Gasteiger partial charge in [0.15, 0.2) is 0 Å². The molecule has 98 valence electrons. The number of nitrogens with one attached hydrogen (secondary N) is 1. The fourth-order valence-electron chi connectivity index (χ4n) is 2.86. The molecule has 17 heavy (non-hydrogen) atoms. The fourth-order valence-corrected chi connectivity index (χ4v) is 2.86. The van der Waals surface area contributed by atoms with Crippen LogP contribution in [0.5, 0.6) is 0 Å². The van der Waals surface area contributed by atoms with Crippen LogP contribution in [-0.4, -0.2) is 42.3 Å². The van der Waals surface area contributed by atoms with Gasteiger partial charge < -0.3 is 9.64 Å². The van der Waals surface area contributed by atoms with Crippen molar-refractivity contribution in [2.24, 2.45) is 5.92 Å². The number of ether oxygens (including phenoxy) is 1. The number of amides is 1. The van der Waals surface area contributed by atoms with Gasteiger partial charge in [0.05, 0.1) is 18.3 Å². The highest BCUT2D eigenvalue weighted by molar-refractivity contribution is 5.84. The van der Waals surface area contributed by atoms with E-state index < -0.39 is 0 Å². The summed E-state index contributed by atoms with van der Waals surface area (Å²) in [4.78, 5) is 14.3. The third kappa shape index (κ3) is 2.47. The molecule has 0 aromatic heterocycles. The minimum absolute atomic E-state index is 0.0255. The van der Waals surface area contributed by atoms with Crippen molar-refractivity contribution in [2.75, 3.05) is 13.2 Å². The largest absolute Gasteiger partial charge is 0.378 e. The van der Waals surface area contributed by atoms with E-state index in [0.29, 0.717) is 12.0 Å². The zero-order valence-corrected chi connectivity index (χ0v) is 11.1. The number of nitrogens with zero attached hydrogens (tertiary/aromatic N) is 1. The Balaban J connectivity index is 2.00. The zero-order chi connectivity index (χ0) is 12.4. The van der Waals surface area contributed by atoms with E-state index in [2.05, 4.69) is 26.1 Å². The summed E-state index contributed by atoms with van der Waals surface area (Å²) >= 11 is 0. The number of hydrogen-bond donors (Lipinski definition) is 1. The summed E-state index contributed by atoms with van der Waals surface area (Å²) in [6, 6.07) is 0.0255. The monoisotopic (exact) mass is 240 g/mol. The van der Waals surface area contributed by atoms with Crippen LogP contribution in [0.1, 0.15) is 40.0 Å². The highest BCUT2D eigenvalue weighted by Gasteiger charge is 2.39. The van der Waals surface area contributed by atoms with Crippen LogP contribution in [0.15, 0.2) is 0 Å². The first-order valence-corrected chi connectivity index (χ1v) is 6.85. The van der Waals surface area contributed by atoms with E-state index in [9.17, 15) is 4.79 Å². The van der Waals surface area contributed by atoms with Crippen LogP contribution in [0.2, 0.25) is 0 Å². The molecule has 4 nitrogen and oxygen atoms in total. The molecule has 2 aliphatic rings. The van der Waals surface area contributed by atoms with Crippen molar-refractivity contribution in [3.63, 3.8) is 0 Å². The molecule has 4 unspecified atom stereocenters. The Kier molecular flexibility index (Phi) is 4.05. The smallest absolute Gasteiger partial charge is 0.241 e. The van der Waals surface area contributed by atoms with Crippen LogP contribution in [-0.2, 0) is 9.53 Å². The van der Waals surface area contributed by atoms with Gasteiger partial charge in [-0.1, -0.05) is 13.8 Å². The number of carbonyl (C=O) groups is 1. The Hall–Kier alpha value is -0.610. The average Bonchev–Trinajstić information content (AvgIpc) is 2.86. The lowest BCUT2D eigenvalue weighted by Crippen LogP contribution is -2.41. The first-order chi connectivity index (χ1) is 8.17. The van der Waals surface area contributed by atoms with Crippen LogP contribution in [0.25, 0.3) is 0 Å².